The third kappa shape index (κ3) is 4.99. The van der Waals surface area contributed by atoms with Gasteiger partial charge in [0, 0.05) is 16.5 Å². The second kappa shape index (κ2) is 9.23. The zero-order chi connectivity index (χ0) is 22.9. The normalized spacial score (nSPS) is 21.6. The summed E-state index contributed by atoms with van der Waals surface area (Å²) in [5.41, 5.74) is 1.91. The van der Waals surface area contributed by atoms with Gasteiger partial charge in [0.25, 0.3) is 11.8 Å². The quantitative estimate of drug-likeness (QED) is 0.665. The lowest BCUT2D eigenvalue weighted by Gasteiger charge is -2.19. The summed E-state index contributed by atoms with van der Waals surface area (Å²) < 4.78 is 29.1. The number of sulfone groups is 1. The Morgan fingerprint density at radius 3 is 2.75 bits per heavy atom. The van der Waals surface area contributed by atoms with Gasteiger partial charge in [0.05, 0.1) is 23.7 Å². The molecule has 0 saturated carbocycles. The van der Waals surface area contributed by atoms with E-state index in [1.54, 1.807) is 24.3 Å². The number of fused-ring (bicyclic) bond motifs is 1. The van der Waals surface area contributed by atoms with Crippen LogP contribution in [0.25, 0.3) is 0 Å². The van der Waals surface area contributed by atoms with Crippen LogP contribution in [-0.2, 0) is 22.7 Å². The molecular weight excluding hydrogens is 448 g/mol. The summed E-state index contributed by atoms with van der Waals surface area (Å²) >= 11 is 1.45. The summed E-state index contributed by atoms with van der Waals surface area (Å²) in [6.45, 7) is 4.57. The van der Waals surface area contributed by atoms with Crippen molar-refractivity contribution in [1.29, 1.82) is 0 Å². The highest BCUT2D eigenvalue weighted by Crippen LogP contribution is 2.40. The van der Waals surface area contributed by atoms with E-state index in [1.165, 1.54) is 11.3 Å². The summed E-state index contributed by atoms with van der Waals surface area (Å²) in [7, 11) is -3.10. The van der Waals surface area contributed by atoms with E-state index in [0.29, 0.717) is 40.8 Å². The number of carbonyl (C=O) groups excluding carboxylic acids is 2. The van der Waals surface area contributed by atoms with E-state index in [0.717, 1.165) is 29.7 Å². The Morgan fingerprint density at radius 2 is 2.03 bits per heavy atom. The molecule has 1 aromatic heterocycles. The zero-order valence-electron chi connectivity index (χ0n) is 18.3. The maximum Gasteiger partial charge on any atom is 0.256 e. The molecule has 2 heterocycles. The van der Waals surface area contributed by atoms with Gasteiger partial charge in [0.2, 0.25) is 0 Å². The molecule has 4 rings (SSSR count). The van der Waals surface area contributed by atoms with Gasteiger partial charge in [-0.15, -0.1) is 11.3 Å². The monoisotopic (exact) mass is 476 g/mol. The van der Waals surface area contributed by atoms with Crippen LogP contribution in [0, 0.1) is 5.92 Å². The summed E-state index contributed by atoms with van der Waals surface area (Å²) in [5, 5.41) is 6.35. The SMILES string of the molecule is CCOc1cccc(C(=O)Nc2sc3c(c2C(=O)NC2CCS(=O)(=O)C2)CCC(C)C3)c1. The van der Waals surface area contributed by atoms with E-state index < -0.39 is 15.9 Å². The maximum absolute atomic E-state index is 13.2. The minimum Gasteiger partial charge on any atom is -0.494 e. The van der Waals surface area contributed by atoms with Crippen LogP contribution >= 0.6 is 11.3 Å². The number of anilines is 1. The van der Waals surface area contributed by atoms with Crippen molar-refractivity contribution in [2.45, 2.75) is 45.6 Å². The third-order valence-electron chi connectivity index (χ3n) is 5.94. The van der Waals surface area contributed by atoms with Gasteiger partial charge in [-0.2, -0.15) is 0 Å². The standard InChI is InChI=1S/C23H28N2O5S2/c1-3-30-17-6-4-5-15(12-17)21(26)25-23-20(18-8-7-14(2)11-19(18)31-23)22(27)24-16-9-10-32(28,29)13-16/h4-6,12,14,16H,3,7-11,13H2,1-2H3,(H,24,27)(H,25,26). The molecule has 0 bridgehead atoms. The first kappa shape index (κ1) is 22.8. The molecule has 1 aromatic carbocycles. The number of hydrogen-bond donors (Lipinski definition) is 2. The molecule has 2 atom stereocenters. The largest absolute Gasteiger partial charge is 0.494 e. The fourth-order valence-electron chi connectivity index (χ4n) is 4.31. The number of amides is 2. The van der Waals surface area contributed by atoms with E-state index in [1.807, 2.05) is 6.92 Å². The van der Waals surface area contributed by atoms with Crippen LogP contribution in [0.1, 0.15) is 57.8 Å². The molecule has 2 aromatic rings. The van der Waals surface area contributed by atoms with E-state index >= 15 is 0 Å². The maximum atomic E-state index is 13.2. The van der Waals surface area contributed by atoms with Crippen molar-refractivity contribution >= 4 is 38.0 Å². The predicted molar refractivity (Wildman–Crippen MR) is 126 cm³/mol. The minimum atomic E-state index is -3.10. The predicted octanol–water partition coefficient (Wildman–Crippen LogP) is 3.44. The fourth-order valence-corrected chi connectivity index (χ4v) is 7.39. The molecule has 2 unspecified atom stereocenters. The van der Waals surface area contributed by atoms with Crippen LogP contribution in [0.4, 0.5) is 5.00 Å². The lowest BCUT2D eigenvalue weighted by atomic mass is 9.88. The topological polar surface area (TPSA) is 102 Å². The van der Waals surface area contributed by atoms with Crippen molar-refractivity contribution in [1.82, 2.24) is 5.32 Å². The van der Waals surface area contributed by atoms with Crippen molar-refractivity contribution < 1.29 is 22.7 Å². The van der Waals surface area contributed by atoms with Gasteiger partial charge in [0.1, 0.15) is 10.8 Å². The molecule has 1 saturated heterocycles. The van der Waals surface area contributed by atoms with Crippen LogP contribution in [0.15, 0.2) is 24.3 Å². The summed E-state index contributed by atoms with van der Waals surface area (Å²) in [6.07, 6.45) is 3.04. The first-order chi connectivity index (χ1) is 15.3. The van der Waals surface area contributed by atoms with Gasteiger partial charge in [-0.05, 0) is 62.3 Å². The Morgan fingerprint density at radius 1 is 1.22 bits per heavy atom. The van der Waals surface area contributed by atoms with Crippen LogP contribution in [0.3, 0.4) is 0 Å². The number of carbonyl (C=O) groups is 2. The van der Waals surface area contributed by atoms with E-state index in [9.17, 15) is 18.0 Å². The van der Waals surface area contributed by atoms with Gasteiger partial charge in [-0.3, -0.25) is 9.59 Å². The molecule has 2 N–H and O–H groups in total. The van der Waals surface area contributed by atoms with Gasteiger partial charge in [-0.1, -0.05) is 13.0 Å². The van der Waals surface area contributed by atoms with Crippen LogP contribution in [0.5, 0.6) is 5.75 Å². The molecule has 0 spiro atoms. The van der Waals surface area contributed by atoms with Gasteiger partial charge >= 0.3 is 0 Å². The molecule has 1 aliphatic carbocycles. The number of nitrogens with one attached hydrogen (secondary N) is 2. The lowest BCUT2D eigenvalue weighted by molar-refractivity contribution is 0.0941. The molecule has 7 nitrogen and oxygen atoms in total. The second-order valence-corrected chi connectivity index (χ2v) is 11.9. The lowest BCUT2D eigenvalue weighted by Crippen LogP contribution is -2.36. The zero-order valence-corrected chi connectivity index (χ0v) is 19.9. The van der Waals surface area contributed by atoms with Crippen molar-refractivity contribution in [3.05, 3.63) is 45.8 Å². The molecule has 2 aliphatic rings. The number of thiophene rings is 1. The first-order valence-electron chi connectivity index (χ1n) is 11.0. The summed E-state index contributed by atoms with van der Waals surface area (Å²) in [6, 6.07) is 6.54. The van der Waals surface area contributed by atoms with Crippen molar-refractivity contribution in [3.63, 3.8) is 0 Å². The van der Waals surface area contributed by atoms with Crippen molar-refractivity contribution in [2.24, 2.45) is 5.92 Å². The van der Waals surface area contributed by atoms with E-state index in [4.69, 9.17) is 4.74 Å². The number of ether oxygens (including phenoxy) is 1. The van der Waals surface area contributed by atoms with Crippen LogP contribution in [-0.4, -0.2) is 44.4 Å². The minimum absolute atomic E-state index is 0.0337. The molecular formula is C23H28N2O5S2. The van der Waals surface area contributed by atoms with Crippen molar-refractivity contribution in [3.8, 4) is 5.75 Å². The van der Waals surface area contributed by atoms with E-state index in [-0.39, 0.29) is 23.3 Å². The average molecular weight is 477 g/mol. The molecule has 2 amide bonds. The van der Waals surface area contributed by atoms with Gasteiger partial charge < -0.3 is 15.4 Å². The molecule has 1 aliphatic heterocycles. The average Bonchev–Trinajstić information content (AvgIpc) is 3.26. The molecule has 9 heteroatoms. The molecule has 172 valence electrons. The van der Waals surface area contributed by atoms with Gasteiger partial charge in [-0.25, -0.2) is 8.42 Å². The molecule has 1 fully saturated rings. The van der Waals surface area contributed by atoms with E-state index in [2.05, 4.69) is 17.6 Å². The highest BCUT2D eigenvalue weighted by Gasteiger charge is 2.33. The Hall–Kier alpha value is -2.39. The number of hydrogen-bond acceptors (Lipinski definition) is 6. The summed E-state index contributed by atoms with van der Waals surface area (Å²) in [4.78, 5) is 27.3. The smallest absolute Gasteiger partial charge is 0.256 e. The van der Waals surface area contributed by atoms with Crippen LogP contribution in [0.2, 0.25) is 0 Å². The third-order valence-corrected chi connectivity index (χ3v) is 8.88. The Kier molecular flexibility index (Phi) is 6.57. The Bertz CT molecular complexity index is 1140. The first-order valence-corrected chi connectivity index (χ1v) is 13.6. The van der Waals surface area contributed by atoms with Gasteiger partial charge in [0.15, 0.2) is 9.84 Å². The van der Waals surface area contributed by atoms with Crippen molar-refractivity contribution in [2.75, 3.05) is 23.4 Å². The molecule has 32 heavy (non-hydrogen) atoms. The Labute approximate surface area is 192 Å². The Balaban J connectivity index is 1.61. The summed E-state index contributed by atoms with van der Waals surface area (Å²) in [5.74, 6) is 0.571. The number of rotatable bonds is 6. The highest BCUT2D eigenvalue weighted by molar-refractivity contribution is 7.91. The molecule has 0 radical (unpaired) electrons. The fraction of sp³-hybridized carbons (Fsp3) is 0.478. The van der Waals surface area contributed by atoms with Crippen LogP contribution < -0.4 is 15.4 Å². The second-order valence-electron chi connectivity index (χ2n) is 8.54. The number of benzene rings is 1. The highest BCUT2D eigenvalue weighted by atomic mass is 32.2.